The normalized spacial score (nSPS) is 10.4. The molecule has 1 heterocycles. The number of nitriles is 1. The van der Waals surface area contributed by atoms with E-state index < -0.39 is 0 Å². The minimum Gasteiger partial charge on any atom is -0.356 e. The third-order valence-corrected chi connectivity index (χ3v) is 3.57. The smallest absolute Gasteiger partial charge is 0.167 e. The first-order valence-electron chi connectivity index (χ1n) is 7.36. The zero-order valence-electron chi connectivity index (χ0n) is 12.4. The number of aromatic nitrogens is 1. The van der Waals surface area contributed by atoms with Gasteiger partial charge in [-0.15, -0.1) is 0 Å². The van der Waals surface area contributed by atoms with Crippen molar-refractivity contribution in [2.45, 2.75) is 19.8 Å². The lowest BCUT2D eigenvalue weighted by Gasteiger charge is -1.99. The molecular formula is C19H16N2O. The third kappa shape index (κ3) is 2.91. The maximum absolute atomic E-state index is 8.97. The maximum atomic E-state index is 8.97. The molecule has 2 aromatic carbocycles. The molecule has 0 aliphatic heterocycles. The van der Waals surface area contributed by atoms with Gasteiger partial charge in [0.2, 0.25) is 0 Å². The molecule has 0 bridgehead atoms. The highest BCUT2D eigenvalue weighted by Gasteiger charge is 2.09. The van der Waals surface area contributed by atoms with E-state index in [1.165, 1.54) is 5.56 Å². The van der Waals surface area contributed by atoms with Gasteiger partial charge in [-0.25, -0.2) is 0 Å². The molecule has 1 aromatic heterocycles. The number of nitrogens with zero attached hydrogens (tertiary/aromatic N) is 2. The zero-order valence-corrected chi connectivity index (χ0v) is 12.4. The van der Waals surface area contributed by atoms with Crippen molar-refractivity contribution >= 4 is 0 Å². The summed E-state index contributed by atoms with van der Waals surface area (Å²) < 4.78 is 5.45. The summed E-state index contributed by atoms with van der Waals surface area (Å²) in [5, 5.41) is 13.1. The molecule has 0 unspecified atom stereocenters. The monoisotopic (exact) mass is 288 g/mol. The first-order valence-corrected chi connectivity index (χ1v) is 7.36. The van der Waals surface area contributed by atoms with Gasteiger partial charge in [-0.05, 0) is 24.1 Å². The van der Waals surface area contributed by atoms with Crippen LogP contribution in [0.2, 0.25) is 0 Å². The molecule has 0 N–H and O–H groups in total. The number of hydrogen-bond acceptors (Lipinski definition) is 3. The van der Waals surface area contributed by atoms with Gasteiger partial charge in [0.15, 0.2) is 5.76 Å². The van der Waals surface area contributed by atoms with Gasteiger partial charge in [-0.3, -0.25) is 0 Å². The van der Waals surface area contributed by atoms with Crippen molar-refractivity contribution < 1.29 is 4.52 Å². The first-order chi connectivity index (χ1) is 10.8. The summed E-state index contributed by atoms with van der Waals surface area (Å²) in [4.78, 5) is 0. The van der Waals surface area contributed by atoms with Gasteiger partial charge >= 0.3 is 0 Å². The lowest BCUT2D eigenvalue weighted by molar-refractivity contribution is 0.435. The summed E-state index contributed by atoms with van der Waals surface area (Å²) in [6, 6.07) is 19.8. The Morgan fingerprint density at radius 3 is 2.59 bits per heavy atom. The molecule has 0 aliphatic carbocycles. The predicted molar refractivity (Wildman–Crippen MR) is 86.1 cm³/mol. The Hall–Kier alpha value is -2.86. The molecule has 0 atom stereocenters. The van der Waals surface area contributed by atoms with Crippen molar-refractivity contribution in [2.75, 3.05) is 0 Å². The van der Waals surface area contributed by atoms with Crippen molar-refractivity contribution in [2.24, 2.45) is 0 Å². The second kappa shape index (κ2) is 6.28. The van der Waals surface area contributed by atoms with Gasteiger partial charge in [0, 0.05) is 17.2 Å². The average Bonchev–Trinajstić information content (AvgIpc) is 3.06. The van der Waals surface area contributed by atoms with E-state index in [9.17, 15) is 0 Å². The molecule has 22 heavy (non-hydrogen) atoms. The largest absolute Gasteiger partial charge is 0.356 e. The maximum Gasteiger partial charge on any atom is 0.167 e. The van der Waals surface area contributed by atoms with Crippen molar-refractivity contribution in [1.29, 1.82) is 5.26 Å². The van der Waals surface area contributed by atoms with Gasteiger partial charge < -0.3 is 4.52 Å². The van der Waals surface area contributed by atoms with Gasteiger partial charge in [0.1, 0.15) is 5.69 Å². The van der Waals surface area contributed by atoms with E-state index in [2.05, 4.69) is 42.4 Å². The summed E-state index contributed by atoms with van der Waals surface area (Å²) in [7, 11) is 0. The molecule has 0 saturated carbocycles. The summed E-state index contributed by atoms with van der Waals surface area (Å²) in [5.74, 6) is 0.736. The summed E-state index contributed by atoms with van der Waals surface area (Å²) in [6.45, 7) is 2.17. The standard InChI is InChI=1S/C19H16N2O/c1-2-4-14-7-9-16(10-8-14)19-12-18(21-22-19)17-6-3-5-15(11-17)13-20/h3,5-12H,2,4H2,1H3. The quantitative estimate of drug-likeness (QED) is 0.690. The number of benzene rings is 2. The predicted octanol–water partition coefficient (Wildman–Crippen LogP) is 4.83. The second-order valence-corrected chi connectivity index (χ2v) is 5.22. The Morgan fingerprint density at radius 1 is 1.05 bits per heavy atom. The van der Waals surface area contributed by atoms with Crippen LogP contribution in [-0.4, -0.2) is 5.16 Å². The molecule has 0 radical (unpaired) electrons. The molecule has 0 saturated heterocycles. The molecule has 3 aromatic rings. The molecule has 0 amide bonds. The summed E-state index contributed by atoms with van der Waals surface area (Å²) in [5.41, 5.74) is 4.58. The highest BCUT2D eigenvalue weighted by Crippen LogP contribution is 2.26. The third-order valence-electron chi connectivity index (χ3n) is 3.57. The van der Waals surface area contributed by atoms with Crippen LogP contribution >= 0.6 is 0 Å². The average molecular weight is 288 g/mol. The first kappa shape index (κ1) is 14.1. The van der Waals surface area contributed by atoms with Gasteiger partial charge in [-0.1, -0.05) is 54.9 Å². The van der Waals surface area contributed by atoms with Gasteiger partial charge in [-0.2, -0.15) is 5.26 Å². The number of hydrogen-bond donors (Lipinski definition) is 0. The van der Waals surface area contributed by atoms with Crippen LogP contribution < -0.4 is 0 Å². The lowest BCUT2D eigenvalue weighted by Crippen LogP contribution is -1.82. The fourth-order valence-corrected chi connectivity index (χ4v) is 2.42. The minimum atomic E-state index is 0.617. The molecule has 0 fully saturated rings. The van der Waals surface area contributed by atoms with E-state index in [1.54, 1.807) is 6.07 Å². The topological polar surface area (TPSA) is 49.8 Å². The van der Waals surface area contributed by atoms with E-state index in [0.717, 1.165) is 35.4 Å². The summed E-state index contributed by atoms with van der Waals surface area (Å²) >= 11 is 0. The minimum absolute atomic E-state index is 0.617. The Bertz CT molecular complexity index is 810. The van der Waals surface area contributed by atoms with Crippen LogP contribution in [0.1, 0.15) is 24.5 Å². The molecule has 3 rings (SSSR count). The van der Waals surface area contributed by atoms with E-state index in [4.69, 9.17) is 9.78 Å². The van der Waals surface area contributed by atoms with Crippen molar-refractivity contribution in [3.05, 3.63) is 65.7 Å². The SMILES string of the molecule is CCCc1ccc(-c2cc(-c3cccc(C#N)c3)no2)cc1. The number of aryl methyl sites for hydroxylation is 1. The van der Waals surface area contributed by atoms with Crippen molar-refractivity contribution in [1.82, 2.24) is 5.16 Å². The highest BCUT2D eigenvalue weighted by molar-refractivity contribution is 5.67. The van der Waals surface area contributed by atoms with Crippen molar-refractivity contribution in [3.8, 4) is 28.7 Å². The van der Waals surface area contributed by atoms with Crippen LogP contribution in [0, 0.1) is 11.3 Å². The van der Waals surface area contributed by atoms with Crippen LogP contribution in [0.3, 0.4) is 0 Å². The molecular weight excluding hydrogens is 272 g/mol. The lowest BCUT2D eigenvalue weighted by atomic mass is 10.0. The molecule has 3 heteroatoms. The van der Waals surface area contributed by atoms with Crippen LogP contribution in [0.5, 0.6) is 0 Å². The Balaban J connectivity index is 1.88. The van der Waals surface area contributed by atoms with E-state index in [1.807, 2.05) is 24.3 Å². The fourth-order valence-electron chi connectivity index (χ4n) is 2.42. The Morgan fingerprint density at radius 2 is 1.86 bits per heavy atom. The van der Waals surface area contributed by atoms with Crippen LogP contribution in [0.25, 0.3) is 22.6 Å². The van der Waals surface area contributed by atoms with Crippen LogP contribution in [0.4, 0.5) is 0 Å². The van der Waals surface area contributed by atoms with E-state index in [0.29, 0.717) is 5.56 Å². The Kier molecular flexibility index (Phi) is 4.02. The summed E-state index contributed by atoms with van der Waals surface area (Å²) in [6.07, 6.45) is 2.23. The van der Waals surface area contributed by atoms with Crippen molar-refractivity contribution in [3.63, 3.8) is 0 Å². The number of rotatable bonds is 4. The molecule has 3 nitrogen and oxygen atoms in total. The van der Waals surface area contributed by atoms with Gasteiger partial charge in [0.25, 0.3) is 0 Å². The van der Waals surface area contributed by atoms with E-state index in [-0.39, 0.29) is 0 Å². The van der Waals surface area contributed by atoms with Crippen LogP contribution in [-0.2, 0) is 6.42 Å². The van der Waals surface area contributed by atoms with Gasteiger partial charge in [0.05, 0.1) is 11.6 Å². The highest BCUT2D eigenvalue weighted by atomic mass is 16.5. The second-order valence-electron chi connectivity index (χ2n) is 5.22. The Labute approximate surface area is 129 Å². The van der Waals surface area contributed by atoms with E-state index >= 15 is 0 Å². The molecule has 108 valence electrons. The van der Waals surface area contributed by atoms with Crippen LogP contribution in [0.15, 0.2) is 59.1 Å². The fraction of sp³-hybridized carbons (Fsp3) is 0.158. The zero-order chi connectivity index (χ0) is 15.4. The molecule has 0 aliphatic rings. The molecule has 0 spiro atoms.